The van der Waals surface area contributed by atoms with Gasteiger partial charge in [0, 0.05) is 0 Å². The van der Waals surface area contributed by atoms with Crippen LogP contribution in [0.4, 0.5) is 0 Å². The van der Waals surface area contributed by atoms with Crippen LogP contribution in [0, 0.1) is 0 Å². The summed E-state index contributed by atoms with van der Waals surface area (Å²) in [5, 5.41) is 9.83. The van der Waals surface area contributed by atoms with Crippen LogP contribution in [0.5, 0.6) is 0 Å². The van der Waals surface area contributed by atoms with Gasteiger partial charge in [-0.2, -0.15) is 0 Å². The maximum Gasteiger partial charge on any atom is 0.0899 e. The molecule has 70 valence electrons. The van der Waals surface area contributed by atoms with Crippen molar-refractivity contribution in [3.05, 3.63) is 35.4 Å². The average Bonchev–Trinajstić information content (AvgIpc) is 2.85. The molecule has 1 saturated carbocycles. The van der Waals surface area contributed by atoms with Gasteiger partial charge in [0.1, 0.15) is 0 Å². The quantitative estimate of drug-likeness (QED) is 0.734. The van der Waals surface area contributed by atoms with Gasteiger partial charge in [0.05, 0.1) is 5.60 Å². The van der Waals surface area contributed by atoms with Gasteiger partial charge in [-0.05, 0) is 29.9 Å². The zero-order valence-electron chi connectivity index (χ0n) is 8.25. The van der Waals surface area contributed by atoms with Crippen molar-refractivity contribution in [2.75, 3.05) is 0 Å². The SMILES string of the molecule is CC(C)c1ccc(C2(O)CC2)cc1. The van der Waals surface area contributed by atoms with Crippen molar-refractivity contribution in [2.24, 2.45) is 0 Å². The van der Waals surface area contributed by atoms with E-state index in [9.17, 15) is 5.11 Å². The number of benzene rings is 1. The molecule has 0 radical (unpaired) electrons. The van der Waals surface area contributed by atoms with Crippen LogP contribution in [-0.4, -0.2) is 5.11 Å². The lowest BCUT2D eigenvalue weighted by molar-refractivity contribution is 0.151. The van der Waals surface area contributed by atoms with E-state index in [0.717, 1.165) is 18.4 Å². The molecule has 1 aromatic carbocycles. The van der Waals surface area contributed by atoms with Crippen molar-refractivity contribution in [1.82, 2.24) is 0 Å². The standard InChI is InChI=1S/C12H16O/c1-9(2)10-3-5-11(6-4-10)12(13)7-8-12/h3-6,9,13H,7-8H2,1-2H3. The summed E-state index contributed by atoms with van der Waals surface area (Å²) < 4.78 is 0. The Kier molecular flexibility index (Phi) is 1.92. The minimum atomic E-state index is -0.477. The van der Waals surface area contributed by atoms with Crippen molar-refractivity contribution >= 4 is 0 Å². The lowest BCUT2D eigenvalue weighted by atomic mass is 9.99. The molecular weight excluding hydrogens is 160 g/mol. The Balaban J connectivity index is 2.24. The summed E-state index contributed by atoms with van der Waals surface area (Å²) in [4.78, 5) is 0. The Bertz CT molecular complexity index is 293. The zero-order chi connectivity index (χ0) is 9.47. The Morgan fingerprint density at radius 1 is 1.15 bits per heavy atom. The average molecular weight is 176 g/mol. The molecule has 1 heteroatoms. The summed E-state index contributed by atoms with van der Waals surface area (Å²) >= 11 is 0. The highest BCUT2D eigenvalue weighted by molar-refractivity contribution is 5.31. The molecule has 0 heterocycles. The first kappa shape index (κ1) is 8.76. The summed E-state index contributed by atoms with van der Waals surface area (Å²) in [5.41, 5.74) is 1.94. The van der Waals surface area contributed by atoms with Crippen LogP contribution in [-0.2, 0) is 5.60 Å². The molecule has 13 heavy (non-hydrogen) atoms. The minimum Gasteiger partial charge on any atom is -0.385 e. The minimum absolute atomic E-state index is 0.477. The van der Waals surface area contributed by atoms with E-state index < -0.39 is 5.60 Å². The lowest BCUT2D eigenvalue weighted by Gasteiger charge is -2.10. The molecule has 2 rings (SSSR count). The number of aliphatic hydroxyl groups is 1. The zero-order valence-corrected chi connectivity index (χ0v) is 8.25. The third-order valence-corrected chi connectivity index (χ3v) is 2.84. The smallest absolute Gasteiger partial charge is 0.0899 e. The summed E-state index contributed by atoms with van der Waals surface area (Å²) in [6.45, 7) is 4.36. The Labute approximate surface area is 79.4 Å². The van der Waals surface area contributed by atoms with Crippen molar-refractivity contribution in [2.45, 2.75) is 38.2 Å². The third kappa shape index (κ3) is 1.61. The van der Waals surface area contributed by atoms with Gasteiger partial charge in [0.15, 0.2) is 0 Å². The van der Waals surface area contributed by atoms with Gasteiger partial charge in [-0.3, -0.25) is 0 Å². The molecular formula is C12H16O. The van der Waals surface area contributed by atoms with Crippen LogP contribution in [0.1, 0.15) is 43.7 Å². The molecule has 1 aliphatic rings. The fourth-order valence-electron chi connectivity index (χ4n) is 1.59. The summed E-state index contributed by atoms with van der Waals surface area (Å²) in [5.74, 6) is 0.572. The molecule has 1 aromatic rings. The van der Waals surface area contributed by atoms with Gasteiger partial charge in [-0.15, -0.1) is 0 Å². The molecule has 0 bridgehead atoms. The van der Waals surface area contributed by atoms with E-state index in [-0.39, 0.29) is 0 Å². The largest absolute Gasteiger partial charge is 0.385 e. The second-order valence-corrected chi connectivity index (χ2v) is 4.31. The van der Waals surface area contributed by atoms with Gasteiger partial charge in [-0.1, -0.05) is 38.1 Å². The number of hydrogen-bond donors (Lipinski definition) is 1. The molecule has 0 spiro atoms. The normalized spacial score (nSPS) is 19.1. The molecule has 1 aliphatic carbocycles. The van der Waals surface area contributed by atoms with Crippen LogP contribution < -0.4 is 0 Å². The molecule has 1 fully saturated rings. The van der Waals surface area contributed by atoms with Crippen LogP contribution in [0.3, 0.4) is 0 Å². The van der Waals surface area contributed by atoms with Crippen molar-refractivity contribution < 1.29 is 5.11 Å². The second kappa shape index (κ2) is 2.85. The molecule has 0 saturated heterocycles. The first-order chi connectivity index (χ1) is 6.12. The van der Waals surface area contributed by atoms with E-state index in [0.29, 0.717) is 5.92 Å². The molecule has 0 unspecified atom stereocenters. The molecule has 0 aromatic heterocycles. The molecule has 0 atom stereocenters. The molecule has 1 nitrogen and oxygen atoms in total. The van der Waals surface area contributed by atoms with Crippen LogP contribution in [0.25, 0.3) is 0 Å². The van der Waals surface area contributed by atoms with Gasteiger partial charge in [-0.25, -0.2) is 0 Å². The van der Waals surface area contributed by atoms with Crippen molar-refractivity contribution in [3.63, 3.8) is 0 Å². The van der Waals surface area contributed by atoms with Crippen LogP contribution >= 0.6 is 0 Å². The van der Waals surface area contributed by atoms with Crippen LogP contribution in [0.15, 0.2) is 24.3 Å². The van der Waals surface area contributed by atoms with Gasteiger partial charge in [0.25, 0.3) is 0 Å². The monoisotopic (exact) mass is 176 g/mol. The fourth-order valence-corrected chi connectivity index (χ4v) is 1.59. The highest BCUT2D eigenvalue weighted by atomic mass is 16.3. The third-order valence-electron chi connectivity index (χ3n) is 2.84. The topological polar surface area (TPSA) is 20.2 Å². The number of rotatable bonds is 2. The van der Waals surface area contributed by atoms with E-state index in [1.54, 1.807) is 0 Å². The Morgan fingerprint density at radius 2 is 1.69 bits per heavy atom. The summed E-state index contributed by atoms with van der Waals surface area (Å²) in [7, 11) is 0. The second-order valence-electron chi connectivity index (χ2n) is 4.31. The molecule has 1 N–H and O–H groups in total. The van der Waals surface area contributed by atoms with Crippen molar-refractivity contribution in [3.8, 4) is 0 Å². The van der Waals surface area contributed by atoms with Gasteiger partial charge in [0.2, 0.25) is 0 Å². The van der Waals surface area contributed by atoms with Crippen molar-refractivity contribution in [1.29, 1.82) is 0 Å². The Hall–Kier alpha value is -0.820. The Morgan fingerprint density at radius 3 is 2.08 bits per heavy atom. The molecule has 0 aliphatic heterocycles. The summed E-state index contributed by atoms with van der Waals surface area (Å²) in [6.07, 6.45) is 1.85. The van der Waals surface area contributed by atoms with Crippen LogP contribution in [0.2, 0.25) is 0 Å². The van der Waals surface area contributed by atoms with E-state index in [1.807, 2.05) is 0 Å². The predicted molar refractivity (Wildman–Crippen MR) is 53.7 cm³/mol. The fraction of sp³-hybridized carbons (Fsp3) is 0.500. The molecule has 0 amide bonds. The first-order valence-corrected chi connectivity index (χ1v) is 4.95. The predicted octanol–water partition coefficient (Wildman–Crippen LogP) is 2.79. The van der Waals surface area contributed by atoms with Gasteiger partial charge < -0.3 is 5.11 Å². The lowest BCUT2D eigenvalue weighted by Crippen LogP contribution is -2.03. The van der Waals surface area contributed by atoms with E-state index in [2.05, 4.69) is 38.1 Å². The first-order valence-electron chi connectivity index (χ1n) is 4.95. The highest BCUT2D eigenvalue weighted by Gasteiger charge is 2.41. The maximum atomic E-state index is 9.83. The maximum absolute atomic E-state index is 9.83. The summed E-state index contributed by atoms with van der Waals surface area (Å²) in [6, 6.07) is 8.36. The van der Waals surface area contributed by atoms with Gasteiger partial charge >= 0.3 is 0 Å². The van der Waals surface area contributed by atoms with E-state index >= 15 is 0 Å². The highest BCUT2D eigenvalue weighted by Crippen LogP contribution is 2.45. The van der Waals surface area contributed by atoms with E-state index in [1.165, 1.54) is 5.56 Å². The number of hydrogen-bond acceptors (Lipinski definition) is 1. The van der Waals surface area contributed by atoms with E-state index in [4.69, 9.17) is 0 Å².